The molecule has 1 aliphatic rings. The van der Waals surface area contributed by atoms with Crippen molar-refractivity contribution >= 4 is 29.1 Å². The van der Waals surface area contributed by atoms with Gasteiger partial charge in [0.05, 0.1) is 0 Å². The Bertz CT molecular complexity index is 552. The van der Waals surface area contributed by atoms with E-state index in [2.05, 4.69) is 5.32 Å². The Hall–Kier alpha value is -1.76. The Kier molecular flexibility index (Phi) is 4.95. The van der Waals surface area contributed by atoms with Crippen molar-refractivity contribution in [3.05, 3.63) is 29.3 Å². The number of carbonyl (C=O) groups is 2. The summed E-state index contributed by atoms with van der Waals surface area (Å²) >= 11 is 5.74. The minimum Gasteiger partial charge on any atom is -0.335 e. The van der Waals surface area contributed by atoms with Crippen molar-refractivity contribution in [2.24, 2.45) is 5.92 Å². The van der Waals surface area contributed by atoms with Crippen LogP contribution in [0.3, 0.4) is 0 Å². The van der Waals surface area contributed by atoms with Crippen molar-refractivity contribution in [1.29, 1.82) is 0 Å². The van der Waals surface area contributed by atoms with Gasteiger partial charge in [-0.1, -0.05) is 11.6 Å². The van der Waals surface area contributed by atoms with Crippen LogP contribution in [0.2, 0.25) is 5.02 Å². The molecule has 1 heterocycles. The number of nitrogens with one attached hydrogen (secondary N) is 1. The lowest BCUT2D eigenvalue weighted by Gasteiger charge is -2.31. The van der Waals surface area contributed by atoms with E-state index in [0.29, 0.717) is 10.7 Å². The van der Waals surface area contributed by atoms with E-state index in [0.717, 1.165) is 4.90 Å². The Morgan fingerprint density at radius 2 is 1.68 bits per heavy atom. The number of likely N-dealkylation sites (tertiary alicyclic amines) is 1. The topological polar surface area (TPSA) is 49.4 Å². The summed E-state index contributed by atoms with van der Waals surface area (Å²) in [6.07, 6.45) is -4.44. The molecule has 0 aromatic heterocycles. The van der Waals surface area contributed by atoms with E-state index in [9.17, 15) is 22.8 Å². The fraction of sp³-hybridized carbons (Fsp3) is 0.429. The number of anilines is 1. The van der Waals surface area contributed by atoms with Gasteiger partial charge in [-0.3, -0.25) is 9.59 Å². The third kappa shape index (κ3) is 4.13. The molecule has 0 atom stereocenters. The maximum Gasteiger partial charge on any atom is 0.471 e. The molecule has 0 unspecified atom stereocenters. The smallest absolute Gasteiger partial charge is 0.335 e. The first kappa shape index (κ1) is 16.6. The summed E-state index contributed by atoms with van der Waals surface area (Å²) in [5, 5.41) is 3.23. The summed E-state index contributed by atoms with van der Waals surface area (Å²) in [6.45, 7) is -0.145. The minimum absolute atomic E-state index is 0.0724. The van der Waals surface area contributed by atoms with Crippen molar-refractivity contribution in [3.63, 3.8) is 0 Å². The summed E-state index contributed by atoms with van der Waals surface area (Å²) in [5.41, 5.74) is 0.572. The number of halogens is 4. The first-order valence-corrected chi connectivity index (χ1v) is 7.07. The van der Waals surface area contributed by atoms with E-state index in [1.54, 1.807) is 24.3 Å². The average molecular weight is 335 g/mol. The molecular formula is C14H14ClF3N2O2. The van der Waals surface area contributed by atoms with Crippen LogP contribution in [0.4, 0.5) is 18.9 Å². The molecule has 0 aliphatic carbocycles. The average Bonchev–Trinajstić information content (AvgIpc) is 2.48. The number of hydrogen-bond donors (Lipinski definition) is 1. The number of benzene rings is 1. The molecule has 120 valence electrons. The molecule has 1 aromatic carbocycles. The van der Waals surface area contributed by atoms with Gasteiger partial charge in [-0.05, 0) is 37.1 Å². The number of amides is 2. The zero-order valence-corrected chi connectivity index (χ0v) is 12.2. The summed E-state index contributed by atoms with van der Waals surface area (Å²) in [7, 11) is 0. The van der Waals surface area contributed by atoms with Crippen LogP contribution >= 0.6 is 11.6 Å². The highest BCUT2D eigenvalue weighted by molar-refractivity contribution is 6.30. The molecule has 2 rings (SSSR count). The zero-order valence-electron chi connectivity index (χ0n) is 11.5. The summed E-state index contributed by atoms with van der Waals surface area (Å²) in [6, 6.07) is 6.54. The maximum atomic E-state index is 12.3. The van der Waals surface area contributed by atoms with E-state index in [-0.39, 0.29) is 31.8 Å². The molecule has 2 amide bonds. The summed E-state index contributed by atoms with van der Waals surface area (Å²) in [4.78, 5) is 23.9. The van der Waals surface area contributed by atoms with Crippen LogP contribution in [-0.4, -0.2) is 36.0 Å². The lowest BCUT2D eigenvalue weighted by molar-refractivity contribution is -0.186. The maximum absolute atomic E-state index is 12.3. The molecule has 0 radical (unpaired) electrons. The monoisotopic (exact) mass is 334 g/mol. The lowest BCUT2D eigenvalue weighted by Crippen LogP contribution is -2.46. The van der Waals surface area contributed by atoms with Gasteiger partial charge in [0.2, 0.25) is 5.91 Å². The van der Waals surface area contributed by atoms with Gasteiger partial charge >= 0.3 is 12.1 Å². The highest BCUT2D eigenvalue weighted by atomic mass is 35.5. The highest BCUT2D eigenvalue weighted by Gasteiger charge is 2.43. The van der Waals surface area contributed by atoms with Gasteiger partial charge in [-0.2, -0.15) is 13.2 Å². The van der Waals surface area contributed by atoms with E-state index in [4.69, 9.17) is 11.6 Å². The van der Waals surface area contributed by atoms with E-state index in [1.165, 1.54) is 0 Å². The van der Waals surface area contributed by atoms with E-state index in [1.807, 2.05) is 0 Å². The Morgan fingerprint density at radius 3 is 2.18 bits per heavy atom. The van der Waals surface area contributed by atoms with Crippen LogP contribution in [0.5, 0.6) is 0 Å². The van der Waals surface area contributed by atoms with Crippen molar-refractivity contribution in [3.8, 4) is 0 Å². The van der Waals surface area contributed by atoms with E-state index < -0.39 is 18.0 Å². The van der Waals surface area contributed by atoms with Gasteiger partial charge in [0.25, 0.3) is 0 Å². The fourth-order valence-corrected chi connectivity index (χ4v) is 2.43. The number of hydrogen-bond acceptors (Lipinski definition) is 2. The molecule has 8 heteroatoms. The van der Waals surface area contributed by atoms with Crippen molar-refractivity contribution in [2.45, 2.75) is 19.0 Å². The first-order chi connectivity index (χ1) is 10.3. The van der Waals surface area contributed by atoms with Crippen LogP contribution in [0.25, 0.3) is 0 Å². The lowest BCUT2D eigenvalue weighted by atomic mass is 9.95. The Balaban J connectivity index is 1.87. The van der Waals surface area contributed by atoms with Crippen LogP contribution in [0.15, 0.2) is 24.3 Å². The van der Waals surface area contributed by atoms with E-state index >= 15 is 0 Å². The molecule has 4 nitrogen and oxygen atoms in total. The number of alkyl halides is 3. The zero-order chi connectivity index (χ0) is 16.3. The predicted octanol–water partition coefficient (Wildman–Crippen LogP) is 3.08. The molecule has 1 fully saturated rings. The van der Waals surface area contributed by atoms with Gasteiger partial charge in [0.15, 0.2) is 0 Å². The fourth-order valence-electron chi connectivity index (χ4n) is 2.30. The molecule has 22 heavy (non-hydrogen) atoms. The van der Waals surface area contributed by atoms with Gasteiger partial charge in [-0.25, -0.2) is 0 Å². The van der Waals surface area contributed by atoms with Crippen molar-refractivity contribution < 1.29 is 22.8 Å². The largest absolute Gasteiger partial charge is 0.471 e. The molecule has 1 aliphatic heterocycles. The number of carbonyl (C=O) groups excluding carboxylic acids is 2. The first-order valence-electron chi connectivity index (χ1n) is 6.70. The third-order valence-electron chi connectivity index (χ3n) is 3.51. The Labute approximate surface area is 130 Å². The molecule has 1 saturated heterocycles. The van der Waals surface area contributed by atoms with Crippen LogP contribution in [0, 0.1) is 5.92 Å². The Morgan fingerprint density at radius 1 is 1.14 bits per heavy atom. The van der Waals surface area contributed by atoms with Gasteiger partial charge in [0, 0.05) is 29.7 Å². The highest BCUT2D eigenvalue weighted by Crippen LogP contribution is 2.25. The second kappa shape index (κ2) is 6.56. The standard InChI is InChI=1S/C14H14ClF3N2O2/c15-10-1-3-11(4-2-10)19-12(21)9-5-7-20(8-6-9)13(22)14(16,17)18/h1-4,9H,5-8H2,(H,19,21). The van der Waals surface area contributed by atoms with Gasteiger partial charge in [0.1, 0.15) is 0 Å². The normalized spacial score (nSPS) is 16.5. The molecule has 0 spiro atoms. The molecule has 1 N–H and O–H groups in total. The second-order valence-corrected chi connectivity index (χ2v) is 5.50. The summed E-state index contributed by atoms with van der Waals surface area (Å²) < 4.78 is 37.0. The quantitative estimate of drug-likeness (QED) is 0.903. The number of piperidine rings is 1. The molecule has 1 aromatic rings. The predicted molar refractivity (Wildman–Crippen MR) is 75.4 cm³/mol. The molecule has 0 bridgehead atoms. The molecular weight excluding hydrogens is 321 g/mol. The van der Waals surface area contributed by atoms with Crippen LogP contribution in [0.1, 0.15) is 12.8 Å². The summed E-state index contributed by atoms with van der Waals surface area (Å²) in [5.74, 6) is -2.52. The van der Waals surface area contributed by atoms with Crippen LogP contribution < -0.4 is 5.32 Å². The number of rotatable bonds is 2. The van der Waals surface area contributed by atoms with Crippen LogP contribution in [-0.2, 0) is 9.59 Å². The molecule has 0 saturated carbocycles. The van der Waals surface area contributed by atoms with Gasteiger partial charge < -0.3 is 10.2 Å². The minimum atomic E-state index is -4.86. The van der Waals surface area contributed by atoms with Crippen molar-refractivity contribution in [1.82, 2.24) is 4.90 Å². The third-order valence-corrected chi connectivity index (χ3v) is 3.76. The number of nitrogens with zero attached hydrogens (tertiary/aromatic N) is 1. The second-order valence-electron chi connectivity index (χ2n) is 5.06. The van der Waals surface area contributed by atoms with Gasteiger partial charge in [-0.15, -0.1) is 0 Å². The SMILES string of the molecule is O=C(Nc1ccc(Cl)cc1)C1CCN(C(=O)C(F)(F)F)CC1. The van der Waals surface area contributed by atoms with Crippen molar-refractivity contribution in [2.75, 3.05) is 18.4 Å².